The summed E-state index contributed by atoms with van der Waals surface area (Å²) in [6.45, 7) is 1.87. The molecule has 0 saturated heterocycles. The van der Waals surface area contributed by atoms with Gasteiger partial charge in [-0.15, -0.1) is 0 Å². The second kappa shape index (κ2) is 9.41. The van der Waals surface area contributed by atoms with Crippen molar-refractivity contribution in [3.05, 3.63) is 65.4 Å². The van der Waals surface area contributed by atoms with Crippen LogP contribution >= 0.6 is 0 Å². The van der Waals surface area contributed by atoms with E-state index in [1.165, 1.54) is 19.2 Å². The van der Waals surface area contributed by atoms with E-state index in [0.717, 1.165) is 22.0 Å². The highest BCUT2D eigenvalue weighted by Gasteiger charge is 2.14. The van der Waals surface area contributed by atoms with Crippen LogP contribution in [-0.2, 0) is 27.5 Å². The second-order valence-electron chi connectivity index (χ2n) is 6.18. The molecule has 0 aliphatic heterocycles. The number of benzene rings is 1. The molecule has 3 rings (SSSR count). The van der Waals surface area contributed by atoms with Crippen LogP contribution in [0.5, 0.6) is 0 Å². The highest BCUT2D eigenvalue weighted by atomic mass is 19.1. The Labute approximate surface area is 162 Å². The molecule has 0 bridgehead atoms. The van der Waals surface area contributed by atoms with E-state index in [2.05, 4.69) is 15.3 Å². The Bertz CT molecular complexity index is 941. The number of amides is 1. The lowest BCUT2D eigenvalue weighted by atomic mass is 10.2. The van der Waals surface area contributed by atoms with Gasteiger partial charge in [0, 0.05) is 30.8 Å². The Balaban J connectivity index is 1.93. The lowest BCUT2D eigenvalue weighted by Crippen LogP contribution is -2.22. The van der Waals surface area contributed by atoms with Gasteiger partial charge in [0.25, 0.3) is 5.91 Å². The van der Waals surface area contributed by atoms with Crippen molar-refractivity contribution < 1.29 is 23.5 Å². The fourth-order valence-electron chi connectivity index (χ4n) is 2.89. The number of pyridine rings is 1. The lowest BCUT2D eigenvalue weighted by molar-refractivity contribution is 0.0532. The van der Waals surface area contributed by atoms with E-state index < -0.39 is 5.91 Å². The average molecular weight is 387 g/mol. The van der Waals surface area contributed by atoms with Gasteiger partial charge >= 0.3 is 0 Å². The van der Waals surface area contributed by atoms with Crippen molar-refractivity contribution in [3.8, 4) is 0 Å². The summed E-state index contributed by atoms with van der Waals surface area (Å²) in [6.07, 6.45) is 3.60. The topological polar surface area (TPSA) is 74.6 Å². The van der Waals surface area contributed by atoms with Crippen molar-refractivity contribution in [2.45, 2.75) is 13.2 Å². The molecule has 7 nitrogen and oxygen atoms in total. The van der Waals surface area contributed by atoms with Crippen LogP contribution in [0.4, 0.5) is 4.39 Å². The molecule has 0 atom stereocenters. The summed E-state index contributed by atoms with van der Waals surface area (Å²) in [5.41, 5.74) is 5.23. The van der Waals surface area contributed by atoms with Gasteiger partial charge < -0.3 is 14.0 Å². The molecule has 0 aliphatic carbocycles. The van der Waals surface area contributed by atoms with Crippen LogP contribution in [-0.4, -0.2) is 42.9 Å². The van der Waals surface area contributed by atoms with E-state index in [-0.39, 0.29) is 11.5 Å². The summed E-state index contributed by atoms with van der Waals surface area (Å²) in [5, 5.41) is 0.857. The van der Waals surface area contributed by atoms with E-state index in [1.54, 1.807) is 31.5 Å². The van der Waals surface area contributed by atoms with Crippen molar-refractivity contribution in [3.63, 3.8) is 0 Å². The van der Waals surface area contributed by atoms with Crippen molar-refractivity contribution in [2.75, 3.05) is 27.4 Å². The number of nitrogens with zero attached hydrogens (tertiary/aromatic N) is 2. The van der Waals surface area contributed by atoms with Gasteiger partial charge in [0.2, 0.25) is 0 Å². The smallest absolute Gasteiger partial charge is 0.293 e. The largest absolute Gasteiger partial charge is 0.382 e. The molecule has 28 heavy (non-hydrogen) atoms. The summed E-state index contributed by atoms with van der Waals surface area (Å²) in [4.78, 5) is 20.9. The Morgan fingerprint density at radius 1 is 1.21 bits per heavy atom. The normalized spacial score (nSPS) is 11.1. The van der Waals surface area contributed by atoms with Gasteiger partial charge in [-0.3, -0.25) is 9.63 Å². The molecule has 1 amide bonds. The minimum absolute atomic E-state index is 0.243. The molecule has 1 N–H and O–H groups in total. The number of halogens is 1. The van der Waals surface area contributed by atoms with E-state index in [1.807, 2.05) is 10.8 Å². The number of nitrogens with one attached hydrogen (secondary N) is 1. The lowest BCUT2D eigenvalue weighted by Gasteiger charge is -2.06. The van der Waals surface area contributed by atoms with Crippen molar-refractivity contribution in [1.29, 1.82) is 0 Å². The molecule has 0 unspecified atom stereocenters. The first-order chi connectivity index (χ1) is 13.6. The van der Waals surface area contributed by atoms with Crippen LogP contribution in [0.3, 0.4) is 0 Å². The molecule has 8 heteroatoms. The number of rotatable bonds is 9. The maximum atomic E-state index is 13.2. The first-order valence-electron chi connectivity index (χ1n) is 8.74. The number of carbonyl (C=O) groups excluding carboxylic acids is 1. The minimum Gasteiger partial charge on any atom is -0.382 e. The molecule has 0 aliphatic rings. The summed E-state index contributed by atoms with van der Waals surface area (Å²) >= 11 is 0. The summed E-state index contributed by atoms with van der Waals surface area (Å²) in [6, 6.07) is 8.05. The van der Waals surface area contributed by atoms with E-state index in [9.17, 15) is 9.18 Å². The van der Waals surface area contributed by atoms with Crippen LogP contribution in [0.1, 0.15) is 21.6 Å². The maximum Gasteiger partial charge on any atom is 0.293 e. The van der Waals surface area contributed by atoms with Crippen LogP contribution in [0.25, 0.3) is 10.9 Å². The Morgan fingerprint density at radius 2 is 2.00 bits per heavy atom. The SMILES string of the molecule is COCCOCc1cn(Cc2ccc(F)cc2)c2cnc(C(=O)NOC)cc12. The number of ether oxygens (including phenoxy) is 2. The zero-order valence-corrected chi connectivity index (χ0v) is 15.8. The molecule has 0 spiro atoms. The van der Waals surface area contributed by atoms with Crippen LogP contribution in [0.2, 0.25) is 0 Å². The molecule has 3 aromatic rings. The van der Waals surface area contributed by atoms with Gasteiger partial charge in [0.05, 0.1) is 38.6 Å². The second-order valence-corrected chi connectivity index (χ2v) is 6.18. The van der Waals surface area contributed by atoms with E-state index in [0.29, 0.717) is 26.4 Å². The first-order valence-corrected chi connectivity index (χ1v) is 8.74. The van der Waals surface area contributed by atoms with E-state index >= 15 is 0 Å². The predicted octanol–water partition coefficient (Wildman–Crippen LogP) is 2.68. The molecule has 1 aromatic carbocycles. The van der Waals surface area contributed by atoms with Crippen LogP contribution in [0, 0.1) is 5.82 Å². The number of carbonyl (C=O) groups is 1. The quantitative estimate of drug-likeness (QED) is 0.451. The zero-order valence-electron chi connectivity index (χ0n) is 15.8. The van der Waals surface area contributed by atoms with Gasteiger partial charge in [0.1, 0.15) is 11.5 Å². The van der Waals surface area contributed by atoms with Crippen LogP contribution in [0.15, 0.2) is 42.7 Å². The van der Waals surface area contributed by atoms with Crippen LogP contribution < -0.4 is 5.48 Å². The van der Waals surface area contributed by atoms with Crippen molar-refractivity contribution in [2.24, 2.45) is 0 Å². The number of methoxy groups -OCH3 is 1. The number of aromatic nitrogens is 2. The summed E-state index contributed by atoms with van der Waals surface area (Å²) in [5.74, 6) is -0.703. The standard InChI is InChI=1S/C20H22FN3O4/c1-26-7-8-28-13-15-12-24(11-14-3-5-16(21)6-4-14)19-10-22-18(9-17(15)19)20(25)23-27-2/h3-6,9-10,12H,7-8,11,13H2,1-2H3,(H,23,25). The third-order valence-corrected chi connectivity index (χ3v) is 4.23. The third-order valence-electron chi connectivity index (χ3n) is 4.23. The molecule has 0 fully saturated rings. The fraction of sp³-hybridized carbons (Fsp3) is 0.300. The molecular weight excluding hydrogens is 365 g/mol. The summed E-state index contributed by atoms with van der Waals surface area (Å²) < 4.78 is 25.8. The van der Waals surface area contributed by atoms with Gasteiger partial charge in [-0.1, -0.05) is 12.1 Å². The zero-order chi connectivity index (χ0) is 19.9. The highest BCUT2D eigenvalue weighted by molar-refractivity contribution is 5.96. The van der Waals surface area contributed by atoms with Gasteiger partial charge in [-0.25, -0.2) is 14.9 Å². The number of hydrogen-bond acceptors (Lipinski definition) is 5. The summed E-state index contributed by atoms with van der Waals surface area (Å²) in [7, 11) is 2.98. The van der Waals surface area contributed by atoms with Gasteiger partial charge in [-0.2, -0.15) is 0 Å². The Morgan fingerprint density at radius 3 is 2.71 bits per heavy atom. The number of hydroxylamine groups is 1. The van der Waals surface area contributed by atoms with Gasteiger partial charge in [0.15, 0.2) is 0 Å². The Hall–Kier alpha value is -2.81. The predicted molar refractivity (Wildman–Crippen MR) is 101 cm³/mol. The van der Waals surface area contributed by atoms with Crippen molar-refractivity contribution >= 4 is 16.8 Å². The third kappa shape index (κ3) is 4.72. The maximum absolute atomic E-state index is 13.2. The molecule has 2 aromatic heterocycles. The van der Waals surface area contributed by atoms with Gasteiger partial charge in [-0.05, 0) is 23.8 Å². The molecule has 0 saturated carbocycles. The molecule has 2 heterocycles. The highest BCUT2D eigenvalue weighted by Crippen LogP contribution is 2.24. The Kier molecular flexibility index (Phi) is 6.70. The molecule has 0 radical (unpaired) electrons. The fourth-order valence-corrected chi connectivity index (χ4v) is 2.89. The number of hydrogen-bond donors (Lipinski definition) is 1. The first kappa shape index (κ1) is 19.9. The molecular formula is C20H22FN3O4. The monoisotopic (exact) mass is 387 g/mol. The minimum atomic E-state index is -0.429. The average Bonchev–Trinajstić information content (AvgIpc) is 3.04. The van der Waals surface area contributed by atoms with E-state index in [4.69, 9.17) is 9.47 Å². The van der Waals surface area contributed by atoms with Crippen molar-refractivity contribution in [1.82, 2.24) is 15.0 Å². The molecule has 148 valence electrons. The number of fused-ring (bicyclic) bond motifs is 1.